The van der Waals surface area contributed by atoms with Crippen LogP contribution in [0.25, 0.3) is 71.6 Å². The zero-order valence-corrected chi connectivity index (χ0v) is 29.7. The van der Waals surface area contributed by atoms with E-state index in [1.54, 1.807) is 0 Å². The van der Waals surface area contributed by atoms with Crippen molar-refractivity contribution in [3.8, 4) is 39.1 Å². The van der Waals surface area contributed by atoms with Gasteiger partial charge >= 0.3 is 0 Å². The van der Waals surface area contributed by atoms with Crippen LogP contribution in [0.4, 0.5) is 17.1 Å². The van der Waals surface area contributed by atoms with Gasteiger partial charge in [0.25, 0.3) is 0 Å². The maximum absolute atomic E-state index is 2.40. The van der Waals surface area contributed by atoms with E-state index in [1.807, 2.05) is 0 Å². The molecule has 10 rings (SSSR count). The first-order valence-corrected chi connectivity index (χ1v) is 18.5. The van der Waals surface area contributed by atoms with Gasteiger partial charge in [-0.15, -0.1) is 0 Å². The molecule has 0 unspecified atom stereocenters. The van der Waals surface area contributed by atoms with Gasteiger partial charge in [-0.3, -0.25) is 0 Å². The van der Waals surface area contributed by atoms with Crippen LogP contribution in [-0.4, -0.2) is 4.57 Å². The molecule has 0 radical (unpaired) electrons. The maximum atomic E-state index is 2.40. The molecule has 254 valence electrons. The Bertz CT molecular complexity index is 2910. The molecule has 0 fully saturated rings. The average Bonchev–Trinajstić information content (AvgIpc) is 3.59. The highest BCUT2D eigenvalue weighted by Gasteiger charge is 2.19. The molecule has 1 heterocycles. The molecule has 0 bridgehead atoms. The smallest absolute Gasteiger partial charge is 0.0547 e. The van der Waals surface area contributed by atoms with Crippen LogP contribution in [0, 0.1) is 0 Å². The van der Waals surface area contributed by atoms with E-state index in [0.717, 1.165) is 22.7 Å². The fourth-order valence-electron chi connectivity index (χ4n) is 8.04. The Hall–Kier alpha value is -7.16. The molecule has 0 saturated carbocycles. The van der Waals surface area contributed by atoms with Crippen molar-refractivity contribution in [1.82, 2.24) is 4.57 Å². The van der Waals surface area contributed by atoms with E-state index in [-0.39, 0.29) is 0 Å². The third-order valence-corrected chi connectivity index (χ3v) is 10.6. The molecule has 0 spiro atoms. The number of anilines is 3. The molecular formula is C52H36N2. The molecule has 10 aromatic rings. The standard InChI is InChI=1S/C52H36N2/c1-4-15-37(16-5-1)38-27-31-44(32-28-38)53(49-26-13-12-24-46(49)39-17-6-2-7-18-39)45-23-14-20-41(35-45)42-30-33-50-48(36-42)52-47-25-11-10-19-40(47)29-34-51(52)54(50)43-21-8-3-9-22-43/h1-36H. The van der Waals surface area contributed by atoms with Crippen LogP contribution in [0.5, 0.6) is 0 Å². The van der Waals surface area contributed by atoms with Gasteiger partial charge in [0.15, 0.2) is 0 Å². The van der Waals surface area contributed by atoms with Gasteiger partial charge in [0, 0.05) is 33.4 Å². The minimum atomic E-state index is 1.10. The predicted octanol–water partition coefficient (Wildman–Crippen LogP) is 14.4. The molecule has 9 aromatic carbocycles. The van der Waals surface area contributed by atoms with Crippen LogP contribution in [0.1, 0.15) is 0 Å². The highest BCUT2D eigenvalue weighted by atomic mass is 15.1. The third kappa shape index (κ3) is 5.53. The summed E-state index contributed by atoms with van der Waals surface area (Å²) in [5.74, 6) is 0. The normalized spacial score (nSPS) is 11.3. The summed E-state index contributed by atoms with van der Waals surface area (Å²) in [6, 6.07) is 78.8. The molecule has 2 nitrogen and oxygen atoms in total. The van der Waals surface area contributed by atoms with Gasteiger partial charge in [-0.05, 0) is 99.3 Å². The number of hydrogen-bond acceptors (Lipinski definition) is 1. The average molecular weight is 689 g/mol. The molecule has 0 saturated heterocycles. The number of para-hydroxylation sites is 2. The molecular weight excluding hydrogens is 653 g/mol. The van der Waals surface area contributed by atoms with Crippen LogP contribution < -0.4 is 4.90 Å². The summed E-state index contributed by atoms with van der Waals surface area (Å²) in [6.45, 7) is 0. The van der Waals surface area contributed by atoms with Crippen LogP contribution in [0.15, 0.2) is 218 Å². The molecule has 0 amide bonds. The van der Waals surface area contributed by atoms with Crippen LogP contribution in [0.3, 0.4) is 0 Å². The molecule has 2 heteroatoms. The second-order valence-corrected chi connectivity index (χ2v) is 13.8. The molecule has 0 aliphatic heterocycles. The molecule has 0 atom stereocenters. The number of benzene rings is 9. The van der Waals surface area contributed by atoms with Gasteiger partial charge in [0.2, 0.25) is 0 Å². The van der Waals surface area contributed by atoms with Crippen molar-refractivity contribution < 1.29 is 0 Å². The minimum absolute atomic E-state index is 1.10. The van der Waals surface area contributed by atoms with E-state index in [4.69, 9.17) is 0 Å². The predicted molar refractivity (Wildman–Crippen MR) is 229 cm³/mol. The number of aromatic nitrogens is 1. The summed E-state index contributed by atoms with van der Waals surface area (Å²) >= 11 is 0. The van der Waals surface area contributed by atoms with Crippen molar-refractivity contribution >= 4 is 49.6 Å². The lowest BCUT2D eigenvalue weighted by atomic mass is 9.98. The SMILES string of the molecule is c1ccc(-c2ccc(N(c3cccc(-c4ccc5c(c4)c4c6ccccc6ccc4n5-c4ccccc4)c3)c3ccccc3-c3ccccc3)cc2)cc1. The van der Waals surface area contributed by atoms with Crippen molar-refractivity contribution in [1.29, 1.82) is 0 Å². The summed E-state index contributed by atoms with van der Waals surface area (Å²) in [5.41, 5.74) is 14.0. The number of rotatable bonds is 7. The zero-order valence-electron chi connectivity index (χ0n) is 29.7. The Kier molecular flexibility index (Phi) is 7.85. The van der Waals surface area contributed by atoms with Crippen molar-refractivity contribution in [3.63, 3.8) is 0 Å². The first-order valence-electron chi connectivity index (χ1n) is 18.5. The lowest BCUT2D eigenvalue weighted by molar-refractivity contribution is 1.18. The lowest BCUT2D eigenvalue weighted by Gasteiger charge is -2.28. The topological polar surface area (TPSA) is 8.17 Å². The van der Waals surface area contributed by atoms with E-state index in [2.05, 4.69) is 228 Å². The maximum Gasteiger partial charge on any atom is 0.0547 e. The summed E-state index contributed by atoms with van der Waals surface area (Å²) in [7, 11) is 0. The van der Waals surface area contributed by atoms with E-state index >= 15 is 0 Å². The zero-order chi connectivity index (χ0) is 35.8. The highest BCUT2D eigenvalue weighted by Crippen LogP contribution is 2.43. The van der Waals surface area contributed by atoms with Gasteiger partial charge < -0.3 is 9.47 Å². The molecule has 0 N–H and O–H groups in total. The number of hydrogen-bond donors (Lipinski definition) is 0. The summed E-state index contributed by atoms with van der Waals surface area (Å²) in [6.07, 6.45) is 0. The Labute approximate surface area is 315 Å². The fourth-order valence-corrected chi connectivity index (χ4v) is 8.04. The quantitative estimate of drug-likeness (QED) is 0.162. The summed E-state index contributed by atoms with van der Waals surface area (Å²) < 4.78 is 2.40. The molecule has 54 heavy (non-hydrogen) atoms. The first-order chi connectivity index (χ1) is 26.8. The van der Waals surface area contributed by atoms with Crippen LogP contribution in [-0.2, 0) is 0 Å². The summed E-state index contributed by atoms with van der Waals surface area (Å²) in [4.78, 5) is 2.40. The van der Waals surface area contributed by atoms with Crippen molar-refractivity contribution in [3.05, 3.63) is 218 Å². The van der Waals surface area contributed by atoms with Crippen molar-refractivity contribution in [2.24, 2.45) is 0 Å². The second-order valence-electron chi connectivity index (χ2n) is 13.8. The van der Waals surface area contributed by atoms with Crippen molar-refractivity contribution in [2.75, 3.05) is 4.90 Å². The van der Waals surface area contributed by atoms with Gasteiger partial charge in [0.05, 0.1) is 16.7 Å². The molecule has 0 aliphatic carbocycles. The van der Waals surface area contributed by atoms with Crippen LogP contribution >= 0.6 is 0 Å². The van der Waals surface area contributed by atoms with Crippen molar-refractivity contribution in [2.45, 2.75) is 0 Å². The van der Waals surface area contributed by atoms with Crippen LogP contribution in [0.2, 0.25) is 0 Å². The fraction of sp³-hybridized carbons (Fsp3) is 0. The van der Waals surface area contributed by atoms with Gasteiger partial charge in [-0.1, -0.05) is 158 Å². The Morgan fingerprint density at radius 2 is 0.926 bits per heavy atom. The largest absolute Gasteiger partial charge is 0.310 e. The minimum Gasteiger partial charge on any atom is -0.310 e. The molecule has 0 aliphatic rings. The Balaban J connectivity index is 1.15. The van der Waals surface area contributed by atoms with Gasteiger partial charge in [0.1, 0.15) is 0 Å². The van der Waals surface area contributed by atoms with Gasteiger partial charge in [-0.25, -0.2) is 0 Å². The first kappa shape index (κ1) is 31.6. The highest BCUT2D eigenvalue weighted by molar-refractivity contribution is 6.22. The lowest BCUT2D eigenvalue weighted by Crippen LogP contribution is -2.11. The number of fused-ring (bicyclic) bond motifs is 5. The van der Waals surface area contributed by atoms with E-state index in [0.29, 0.717) is 0 Å². The summed E-state index contributed by atoms with van der Waals surface area (Å²) in [5, 5.41) is 5.04. The van der Waals surface area contributed by atoms with E-state index in [9.17, 15) is 0 Å². The van der Waals surface area contributed by atoms with E-state index < -0.39 is 0 Å². The Morgan fingerprint density at radius 3 is 1.72 bits per heavy atom. The third-order valence-electron chi connectivity index (χ3n) is 10.6. The number of nitrogens with zero attached hydrogens (tertiary/aromatic N) is 2. The van der Waals surface area contributed by atoms with E-state index in [1.165, 1.54) is 66.0 Å². The second kappa shape index (κ2) is 13.4. The van der Waals surface area contributed by atoms with Gasteiger partial charge in [-0.2, -0.15) is 0 Å². The molecule has 1 aromatic heterocycles. The Morgan fingerprint density at radius 1 is 0.333 bits per heavy atom. The monoisotopic (exact) mass is 688 g/mol.